The largest absolute Gasteiger partial charge is 0.369 e. The third-order valence-electron chi connectivity index (χ3n) is 7.64. The fraction of sp³-hybridized carbons (Fsp3) is 0.400. The highest BCUT2D eigenvalue weighted by atomic mass is 19.1. The second-order valence-electron chi connectivity index (χ2n) is 9.81. The molecule has 3 N–H and O–H groups in total. The van der Waals surface area contributed by atoms with Crippen molar-refractivity contribution >= 4 is 17.8 Å². The van der Waals surface area contributed by atoms with E-state index in [1.54, 1.807) is 6.07 Å². The van der Waals surface area contributed by atoms with Crippen molar-refractivity contribution in [1.82, 2.24) is 10.2 Å². The number of carbonyl (C=O) groups excluding carboxylic acids is 2. The van der Waals surface area contributed by atoms with Crippen LogP contribution in [-0.2, 0) is 17.8 Å². The van der Waals surface area contributed by atoms with Crippen molar-refractivity contribution in [3.05, 3.63) is 70.5 Å². The molecule has 1 saturated carbocycles. The van der Waals surface area contributed by atoms with E-state index in [0.717, 1.165) is 18.4 Å². The lowest BCUT2D eigenvalue weighted by Crippen LogP contribution is -2.47. The molecule has 2 aromatic carbocycles. The number of benzene rings is 2. The highest BCUT2D eigenvalue weighted by molar-refractivity contribution is 6.03. The molecule has 0 radical (unpaired) electrons. The summed E-state index contributed by atoms with van der Waals surface area (Å²) >= 11 is 0. The molecular weight excluding hydrogens is 407 g/mol. The summed E-state index contributed by atoms with van der Waals surface area (Å²) in [4.78, 5) is 31.9. The number of guanidine groups is 1. The Morgan fingerprint density at radius 1 is 1.25 bits per heavy atom. The third kappa shape index (κ3) is 3.02. The first kappa shape index (κ1) is 20.7. The summed E-state index contributed by atoms with van der Waals surface area (Å²) in [6.07, 6.45) is 1.72. The van der Waals surface area contributed by atoms with Crippen LogP contribution in [0.2, 0.25) is 0 Å². The Balaban J connectivity index is 1.35. The summed E-state index contributed by atoms with van der Waals surface area (Å²) in [5.74, 6) is -1.09. The van der Waals surface area contributed by atoms with Gasteiger partial charge in [-0.3, -0.25) is 14.5 Å². The molecule has 32 heavy (non-hydrogen) atoms. The fourth-order valence-corrected chi connectivity index (χ4v) is 5.44. The number of nitrogens with one attached hydrogen (secondary N) is 1. The highest BCUT2D eigenvalue weighted by Gasteiger charge is 2.74. The lowest BCUT2D eigenvalue weighted by Gasteiger charge is -2.27. The minimum Gasteiger partial charge on any atom is -0.369 e. The highest BCUT2D eigenvalue weighted by Crippen LogP contribution is 2.65. The average Bonchev–Trinajstić information content (AvgIpc) is 2.99. The molecule has 0 bridgehead atoms. The van der Waals surface area contributed by atoms with Gasteiger partial charge in [0, 0.05) is 11.0 Å². The fourth-order valence-electron chi connectivity index (χ4n) is 5.44. The van der Waals surface area contributed by atoms with Crippen molar-refractivity contribution in [2.45, 2.75) is 51.7 Å². The van der Waals surface area contributed by atoms with E-state index in [4.69, 9.17) is 5.73 Å². The summed E-state index contributed by atoms with van der Waals surface area (Å²) in [6.45, 7) is 6.01. The van der Waals surface area contributed by atoms with Crippen molar-refractivity contribution in [2.75, 3.05) is 0 Å². The molecule has 166 valence electrons. The van der Waals surface area contributed by atoms with Gasteiger partial charge in [-0.1, -0.05) is 38.1 Å². The molecule has 0 saturated heterocycles. The molecule has 6 nitrogen and oxygen atoms in total. The zero-order valence-corrected chi connectivity index (χ0v) is 18.5. The van der Waals surface area contributed by atoms with Crippen LogP contribution in [0.3, 0.4) is 0 Å². The van der Waals surface area contributed by atoms with Gasteiger partial charge in [-0.15, -0.1) is 0 Å². The van der Waals surface area contributed by atoms with E-state index < -0.39 is 11.4 Å². The van der Waals surface area contributed by atoms with Gasteiger partial charge in [0.25, 0.3) is 5.91 Å². The Bertz CT molecular complexity index is 1170. The van der Waals surface area contributed by atoms with Gasteiger partial charge in [0.05, 0.1) is 24.0 Å². The predicted octanol–water partition coefficient (Wildman–Crippen LogP) is 3.31. The third-order valence-corrected chi connectivity index (χ3v) is 7.64. The molecule has 0 aromatic heterocycles. The van der Waals surface area contributed by atoms with Crippen molar-refractivity contribution in [3.8, 4) is 0 Å². The van der Waals surface area contributed by atoms with Crippen molar-refractivity contribution in [3.63, 3.8) is 0 Å². The van der Waals surface area contributed by atoms with Gasteiger partial charge in [-0.05, 0) is 54.7 Å². The van der Waals surface area contributed by atoms with Crippen LogP contribution in [-0.4, -0.2) is 28.2 Å². The molecule has 2 amide bonds. The number of carbonyl (C=O) groups is 2. The maximum Gasteiger partial charge on any atom is 0.251 e. The van der Waals surface area contributed by atoms with Gasteiger partial charge in [-0.25, -0.2) is 9.38 Å². The van der Waals surface area contributed by atoms with Crippen LogP contribution in [0.15, 0.2) is 47.5 Å². The van der Waals surface area contributed by atoms with Crippen molar-refractivity contribution < 1.29 is 14.0 Å². The molecule has 1 fully saturated rings. The van der Waals surface area contributed by atoms with Crippen LogP contribution in [0, 0.1) is 17.2 Å². The van der Waals surface area contributed by atoms with Crippen LogP contribution in [0.4, 0.5) is 4.39 Å². The number of hydrogen-bond acceptors (Lipinski definition) is 4. The van der Waals surface area contributed by atoms with E-state index in [0.29, 0.717) is 5.56 Å². The first-order valence-electron chi connectivity index (χ1n) is 11.0. The van der Waals surface area contributed by atoms with Crippen LogP contribution < -0.4 is 11.1 Å². The molecular formula is C25H27FN4O2. The number of nitrogens with two attached hydrogens (primary N) is 1. The SMILES string of the molecule is CC1(C)C2C(=O)N(Cc3cc(F)cc(C(=O)N[C@H]4CCc5ccccc54)c3)C(N)=N[C@@]21C. The average molecular weight is 435 g/mol. The van der Waals surface area contributed by atoms with Gasteiger partial charge in [0.2, 0.25) is 5.91 Å². The predicted molar refractivity (Wildman–Crippen MR) is 119 cm³/mol. The quantitative estimate of drug-likeness (QED) is 0.774. The summed E-state index contributed by atoms with van der Waals surface area (Å²) < 4.78 is 14.4. The number of hydrogen-bond donors (Lipinski definition) is 2. The molecule has 7 heteroatoms. The minimum atomic E-state index is -0.531. The summed E-state index contributed by atoms with van der Waals surface area (Å²) in [6, 6.07) is 12.1. The van der Waals surface area contributed by atoms with Gasteiger partial charge in [-0.2, -0.15) is 0 Å². The minimum absolute atomic E-state index is 0.0706. The molecule has 0 spiro atoms. The number of nitrogens with zero attached hydrogens (tertiary/aromatic N) is 2. The molecule has 2 aliphatic carbocycles. The Labute approximate surface area is 186 Å². The number of aliphatic imine (C=N–C) groups is 1. The topological polar surface area (TPSA) is 87.8 Å². The summed E-state index contributed by atoms with van der Waals surface area (Å²) in [5.41, 5.74) is 8.41. The van der Waals surface area contributed by atoms with E-state index in [1.165, 1.54) is 22.6 Å². The first-order valence-corrected chi connectivity index (χ1v) is 11.0. The second-order valence-corrected chi connectivity index (χ2v) is 9.81. The van der Waals surface area contributed by atoms with Crippen LogP contribution >= 0.6 is 0 Å². The lowest BCUT2D eigenvalue weighted by molar-refractivity contribution is -0.130. The molecule has 1 heterocycles. The number of aryl methyl sites for hydroxylation is 1. The normalized spacial score (nSPS) is 27.4. The molecule has 3 atom stereocenters. The van der Waals surface area contributed by atoms with E-state index in [9.17, 15) is 14.0 Å². The molecule has 5 rings (SSSR count). The van der Waals surface area contributed by atoms with E-state index in [2.05, 4.69) is 16.4 Å². The zero-order chi connectivity index (χ0) is 22.8. The van der Waals surface area contributed by atoms with Gasteiger partial charge >= 0.3 is 0 Å². The maximum absolute atomic E-state index is 14.4. The van der Waals surface area contributed by atoms with Crippen LogP contribution in [0.25, 0.3) is 0 Å². The van der Waals surface area contributed by atoms with Gasteiger partial charge in [0.15, 0.2) is 5.96 Å². The number of rotatable bonds is 4. The molecule has 1 unspecified atom stereocenters. The Morgan fingerprint density at radius 3 is 2.78 bits per heavy atom. The van der Waals surface area contributed by atoms with Crippen LogP contribution in [0.5, 0.6) is 0 Å². The van der Waals surface area contributed by atoms with E-state index in [-0.39, 0.29) is 47.3 Å². The molecule has 2 aromatic rings. The maximum atomic E-state index is 14.4. The monoisotopic (exact) mass is 434 g/mol. The summed E-state index contributed by atoms with van der Waals surface area (Å²) in [7, 11) is 0. The van der Waals surface area contributed by atoms with E-state index >= 15 is 0 Å². The first-order chi connectivity index (χ1) is 15.1. The summed E-state index contributed by atoms with van der Waals surface area (Å²) in [5, 5.41) is 3.02. The second kappa shape index (κ2) is 6.89. The van der Waals surface area contributed by atoms with Crippen molar-refractivity contribution in [1.29, 1.82) is 0 Å². The van der Waals surface area contributed by atoms with E-state index in [1.807, 2.05) is 39.0 Å². The number of halogens is 1. The smallest absolute Gasteiger partial charge is 0.251 e. The van der Waals surface area contributed by atoms with Gasteiger partial charge < -0.3 is 11.1 Å². The number of amides is 2. The standard InChI is InChI=1S/C25H27FN4O2/c1-24(2)20-22(32)30(23(27)29-25(20,24)3)13-14-10-16(12-17(26)11-14)21(31)28-19-9-8-15-6-4-5-7-18(15)19/h4-7,10-12,19-20H,8-9,13H2,1-3H3,(H2,27,29)(H,28,31)/t19-,20?,25-/m0/s1. The van der Waals surface area contributed by atoms with Crippen molar-refractivity contribution in [2.24, 2.45) is 22.1 Å². The van der Waals surface area contributed by atoms with Crippen LogP contribution in [0.1, 0.15) is 60.3 Å². The zero-order valence-electron chi connectivity index (χ0n) is 18.5. The van der Waals surface area contributed by atoms with Gasteiger partial charge in [0.1, 0.15) is 5.82 Å². The Hall–Kier alpha value is -3.22. The lowest BCUT2D eigenvalue weighted by atomic mass is 10.1. The Morgan fingerprint density at radius 2 is 2.00 bits per heavy atom. The Kier molecular flexibility index (Phi) is 4.45. The molecule has 1 aliphatic heterocycles. The number of fused-ring (bicyclic) bond motifs is 2. The molecule has 3 aliphatic rings.